The zero-order chi connectivity index (χ0) is 20.5. The van der Waals surface area contributed by atoms with E-state index in [4.69, 9.17) is 10.1 Å². The van der Waals surface area contributed by atoms with Crippen LogP contribution >= 0.6 is 0 Å². The number of aliphatic imine (C=N–C) groups is 1. The molecule has 2 aromatic rings. The van der Waals surface area contributed by atoms with Gasteiger partial charge in [0, 0.05) is 37.5 Å². The van der Waals surface area contributed by atoms with Crippen LogP contribution in [0.1, 0.15) is 51.3 Å². The van der Waals surface area contributed by atoms with Crippen molar-refractivity contribution < 1.29 is 9.53 Å². The van der Waals surface area contributed by atoms with Crippen LogP contribution in [0, 0.1) is 18.3 Å². The molecule has 2 aromatic heterocycles. The van der Waals surface area contributed by atoms with E-state index in [1.807, 2.05) is 52.9 Å². The lowest BCUT2D eigenvalue weighted by molar-refractivity contribution is -0.119. The fourth-order valence-corrected chi connectivity index (χ4v) is 3.26. The highest BCUT2D eigenvalue weighted by atomic mass is 16.5. The standard InChI is InChI=1S/C21H29N5O2/c1-13-6-18-19(28-14(2)15-8-20(27)23-10-15)7-16(12-26(18)25-13)17(9-22)11-24-21(3,4)5/h6-7,9,11-12,14-15,17,22H,8,10H2,1-5H3,(H,23,27). The van der Waals surface area contributed by atoms with Crippen LogP contribution in [0.25, 0.3) is 5.52 Å². The molecular weight excluding hydrogens is 354 g/mol. The van der Waals surface area contributed by atoms with E-state index >= 15 is 0 Å². The lowest BCUT2D eigenvalue weighted by Gasteiger charge is -2.21. The summed E-state index contributed by atoms with van der Waals surface area (Å²) in [5.74, 6) is 0.657. The summed E-state index contributed by atoms with van der Waals surface area (Å²) in [6.45, 7) is 10.6. The lowest BCUT2D eigenvalue weighted by Crippen LogP contribution is -2.26. The van der Waals surface area contributed by atoms with E-state index in [1.54, 1.807) is 10.7 Å². The van der Waals surface area contributed by atoms with Crippen molar-refractivity contribution in [3.63, 3.8) is 0 Å². The van der Waals surface area contributed by atoms with Gasteiger partial charge in [-0.2, -0.15) is 5.10 Å². The first-order chi connectivity index (χ1) is 13.2. The summed E-state index contributed by atoms with van der Waals surface area (Å²) in [6, 6.07) is 3.94. The zero-order valence-corrected chi connectivity index (χ0v) is 17.2. The van der Waals surface area contributed by atoms with Gasteiger partial charge in [0.05, 0.1) is 17.2 Å². The second-order valence-electron chi connectivity index (χ2n) is 8.49. The number of ether oxygens (including phenoxy) is 1. The molecule has 3 heterocycles. The number of hydrogen-bond donors (Lipinski definition) is 2. The smallest absolute Gasteiger partial charge is 0.220 e. The van der Waals surface area contributed by atoms with Crippen LogP contribution < -0.4 is 10.1 Å². The zero-order valence-electron chi connectivity index (χ0n) is 17.2. The van der Waals surface area contributed by atoms with Gasteiger partial charge in [-0.3, -0.25) is 9.79 Å². The molecule has 0 radical (unpaired) electrons. The Labute approximate surface area is 165 Å². The number of rotatable bonds is 6. The lowest BCUT2D eigenvalue weighted by atomic mass is 10.0. The monoisotopic (exact) mass is 383 g/mol. The maximum Gasteiger partial charge on any atom is 0.220 e. The highest BCUT2D eigenvalue weighted by molar-refractivity contribution is 5.89. The average Bonchev–Trinajstić information content (AvgIpc) is 3.19. The predicted molar refractivity (Wildman–Crippen MR) is 111 cm³/mol. The van der Waals surface area contributed by atoms with Gasteiger partial charge in [-0.05, 0) is 52.3 Å². The summed E-state index contributed by atoms with van der Waals surface area (Å²) >= 11 is 0. The van der Waals surface area contributed by atoms with Crippen molar-refractivity contribution in [2.24, 2.45) is 10.9 Å². The molecule has 3 unspecified atom stereocenters. The second-order valence-corrected chi connectivity index (χ2v) is 8.49. The molecule has 1 saturated heterocycles. The van der Waals surface area contributed by atoms with E-state index in [0.717, 1.165) is 16.8 Å². The van der Waals surface area contributed by atoms with Gasteiger partial charge in [-0.15, -0.1) is 0 Å². The highest BCUT2D eigenvalue weighted by Crippen LogP contribution is 2.29. The molecule has 1 aliphatic heterocycles. The van der Waals surface area contributed by atoms with E-state index < -0.39 is 0 Å². The van der Waals surface area contributed by atoms with Crippen LogP contribution in [0.2, 0.25) is 0 Å². The van der Waals surface area contributed by atoms with Crippen molar-refractivity contribution in [1.29, 1.82) is 5.41 Å². The molecule has 0 aliphatic carbocycles. The van der Waals surface area contributed by atoms with Gasteiger partial charge >= 0.3 is 0 Å². The van der Waals surface area contributed by atoms with E-state index in [0.29, 0.717) is 18.7 Å². The van der Waals surface area contributed by atoms with Crippen molar-refractivity contribution >= 4 is 23.9 Å². The summed E-state index contributed by atoms with van der Waals surface area (Å²) in [5, 5.41) is 15.2. The number of carbonyl (C=O) groups is 1. The van der Waals surface area contributed by atoms with Gasteiger partial charge in [0.15, 0.2) is 0 Å². The Balaban J connectivity index is 1.95. The highest BCUT2D eigenvalue weighted by Gasteiger charge is 2.28. The topological polar surface area (TPSA) is 91.8 Å². The Kier molecular flexibility index (Phi) is 5.54. The van der Waals surface area contributed by atoms with Crippen LogP contribution in [-0.2, 0) is 4.79 Å². The Morgan fingerprint density at radius 3 is 2.79 bits per heavy atom. The molecule has 1 aliphatic rings. The Hall–Kier alpha value is -2.70. The Bertz CT molecular complexity index is 909. The number of aromatic nitrogens is 2. The van der Waals surface area contributed by atoms with Crippen molar-refractivity contribution in [3.8, 4) is 5.75 Å². The summed E-state index contributed by atoms with van der Waals surface area (Å²) in [4.78, 5) is 16.1. The number of nitrogens with zero attached hydrogens (tertiary/aromatic N) is 3. The number of amides is 1. The molecule has 0 bridgehead atoms. The first kappa shape index (κ1) is 20.0. The third-order valence-electron chi connectivity index (χ3n) is 4.85. The van der Waals surface area contributed by atoms with Crippen LogP contribution in [0.4, 0.5) is 0 Å². The summed E-state index contributed by atoms with van der Waals surface area (Å²) in [6.07, 6.45) is 5.47. The fraction of sp³-hybridized carbons (Fsp3) is 0.524. The van der Waals surface area contributed by atoms with Gasteiger partial charge in [0.25, 0.3) is 0 Å². The second kappa shape index (κ2) is 7.73. The first-order valence-electron chi connectivity index (χ1n) is 9.65. The van der Waals surface area contributed by atoms with Crippen LogP contribution in [-0.4, -0.2) is 46.1 Å². The summed E-state index contributed by atoms with van der Waals surface area (Å²) in [7, 11) is 0. The number of hydrogen-bond acceptors (Lipinski definition) is 5. The average molecular weight is 383 g/mol. The molecule has 28 heavy (non-hydrogen) atoms. The molecule has 2 N–H and O–H groups in total. The summed E-state index contributed by atoms with van der Waals surface area (Å²) < 4.78 is 8.08. The minimum Gasteiger partial charge on any atom is -0.488 e. The Morgan fingerprint density at radius 1 is 1.43 bits per heavy atom. The van der Waals surface area contributed by atoms with E-state index in [9.17, 15) is 4.79 Å². The van der Waals surface area contributed by atoms with Gasteiger partial charge in [-0.25, -0.2) is 4.52 Å². The molecule has 0 saturated carbocycles. The minimum atomic E-state index is -0.263. The fourth-order valence-electron chi connectivity index (χ4n) is 3.26. The molecule has 0 aromatic carbocycles. The van der Waals surface area contributed by atoms with Crippen molar-refractivity contribution in [3.05, 3.63) is 29.6 Å². The quantitative estimate of drug-likeness (QED) is 0.751. The molecule has 7 nitrogen and oxygen atoms in total. The molecule has 1 amide bonds. The van der Waals surface area contributed by atoms with Gasteiger partial charge < -0.3 is 15.5 Å². The first-order valence-corrected chi connectivity index (χ1v) is 9.65. The number of carbonyl (C=O) groups excluding carboxylic acids is 1. The number of fused-ring (bicyclic) bond motifs is 1. The number of pyridine rings is 1. The molecule has 7 heteroatoms. The minimum absolute atomic E-state index is 0.0711. The van der Waals surface area contributed by atoms with Crippen LogP contribution in [0.15, 0.2) is 23.3 Å². The third-order valence-corrected chi connectivity index (χ3v) is 4.85. The van der Waals surface area contributed by atoms with E-state index in [2.05, 4.69) is 15.4 Å². The van der Waals surface area contributed by atoms with Crippen LogP contribution in [0.3, 0.4) is 0 Å². The van der Waals surface area contributed by atoms with E-state index in [1.165, 1.54) is 6.21 Å². The van der Waals surface area contributed by atoms with Crippen molar-refractivity contribution in [1.82, 2.24) is 14.9 Å². The van der Waals surface area contributed by atoms with Gasteiger partial charge in [0.2, 0.25) is 5.91 Å². The molecular formula is C21H29N5O2. The van der Waals surface area contributed by atoms with Crippen molar-refractivity contribution in [2.45, 2.75) is 58.6 Å². The van der Waals surface area contributed by atoms with Crippen LogP contribution in [0.5, 0.6) is 5.75 Å². The number of aryl methyl sites for hydroxylation is 1. The third kappa shape index (κ3) is 4.58. The molecule has 3 atom stereocenters. The molecule has 1 fully saturated rings. The molecule has 150 valence electrons. The normalized spacial score (nSPS) is 19.8. The van der Waals surface area contributed by atoms with E-state index in [-0.39, 0.29) is 29.4 Å². The molecule has 0 spiro atoms. The predicted octanol–water partition coefficient (Wildman–Crippen LogP) is 3.15. The number of nitrogens with one attached hydrogen (secondary N) is 2. The maximum atomic E-state index is 11.5. The van der Waals surface area contributed by atoms with Gasteiger partial charge in [0.1, 0.15) is 17.4 Å². The maximum absolute atomic E-state index is 11.5. The largest absolute Gasteiger partial charge is 0.488 e. The summed E-state index contributed by atoms with van der Waals surface area (Å²) in [5.41, 5.74) is 2.45. The SMILES string of the molecule is Cc1cc2c(OC(C)C3CNC(=O)C3)cc(C(C=N)C=NC(C)(C)C)cn2n1. The molecule has 3 rings (SSSR count). The van der Waals surface area contributed by atoms with Crippen molar-refractivity contribution in [2.75, 3.05) is 6.54 Å². The Morgan fingerprint density at radius 2 is 2.18 bits per heavy atom. The van der Waals surface area contributed by atoms with Gasteiger partial charge in [-0.1, -0.05) is 0 Å².